The zero-order chi connectivity index (χ0) is 23.7. The van der Waals surface area contributed by atoms with Gasteiger partial charge in [0.25, 0.3) is 5.56 Å². The Morgan fingerprint density at radius 1 is 1.09 bits per heavy atom. The highest BCUT2D eigenvalue weighted by Crippen LogP contribution is 2.36. The quantitative estimate of drug-likeness (QED) is 0.580. The van der Waals surface area contributed by atoms with Gasteiger partial charge in [-0.2, -0.15) is 5.26 Å². The number of hydrogen-bond donors (Lipinski definition) is 2. The SMILES string of the molecule is COc1ccc(C=c2sc3n(c2=O)C(N)=C(C#N)C(c2ccc(OC)cc2)C=3C(N)=O)cc1. The summed E-state index contributed by atoms with van der Waals surface area (Å²) in [7, 11) is 3.11. The number of allylic oxidation sites excluding steroid dienone is 1. The lowest BCUT2D eigenvalue weighted by Gasteiger charge is -2.24. The lowest BCUT2D eigenvalue weighted by Crippen LogP contribution is -2.41. The van der Waals surface area contributed by atoms with Gasteiger partial charge in [-0.3, -0.25) is 14.2 Å². The van der Waals surface area contributed by atoms with Crippen molar-refractivity contribution in [2.24, 2.45) is 11.5 Å². The maximum atomic E-state index is 13.2. The van der Waals surface area contributed by atoms with Gasteiger partial charge in [-0.1, -0.05) is 24.3 Å². The molecule has 2 heterocycles. The van der Waals surface area contributed by atoms with Crippen molar-refractivity contribution in [2.75, 3.05) is 14.2 Å². The van der Waals surface area contributed by atoms with Gasteiger partial charge in [0.05, 0.1) is 41.9 Å². The number of fused-ring (bicyclic) bond motifs is 1. The van der Waals surface area contributed by atoms with Crippen LogP contribution < -0.4 is 35.7 Å². The number of benzene rings is 2. The van der Waals surface area contributed by atoms with Crippen LogP contribution in [0.4, 0.5) is 0 Å². The van der Waals surface area contributed by atoms with E-state index in [2.05, 4.69) is 6.07 Å². The number of carbonyl (C=O) groups excluding carboxylic acids is 1. The molecule has 0 radical (unpaired) electrons. The molecule has 1 atom stereocenters. The van der Waals surface area contributed by atoms with Gasteiger partial charge < -0.3 is 20.9 Å². The van der Waals surface area contributed by atoms with Gasteiger partial charge in [-0.25, -0.2) is 0 Å². The first-order valence-electron chi connectivity index (χ1n) is 9.85. The predicted molar refractivity (Wildman–Crippen MR) is 126 cm³/mol. The number of nitriles is 1. The topological polar surface area (TPSA) is 133 Å². The molecule has 1 aromatic heterocycles. The van der Waals surface area contributed by atoms with E-state index >= 15 is 0 Å². The summed E-state index contributed by atoms with van der Waals surface area (Å²) in [6.45, 7) is 0. The van der Waals surface area contributed by atoms with Gasteiger partial charge in [0.15, 0.2) is 0 Å². The second kappa shape index (κ2) is 8.68. The van der Waals surface area contributed by atoms with E-state index < -0.39 is 17.4 Å². The number of primary amides is 1. The molecular weight excluding hydrogens is 440 g/mol. The van der Waals surface area contributed by atoms with E-state index in [0.29, 0.717) is 26.3 Å². The highest BCUT2D eigenvalue weighted by atomic mass is 32.1. The van der Waals surface area contributed by atoms with E-state index in [1.807, 2.05) is 0 Å². The molecule has 4 N–H and O–H groups in total. The molecule has 0 spiro atoms. The van der Waals surface area contributed by atoms with Crippen molar-refractivity contribution in [1.82, 2.24) is 4.57 Å². The molecular formula is C24H20N4O4S. The van der Waals surface area contributed by atoms with E-state index in [-0.39, 0.29) is 17.0 Å². The molecule has 0 saturated heterocycles. The Hall–Kier alpha value is -4.29. The fourth-order valence-electron chi connectivity index (χ4n) is 3.77. The molecule has 1 aliphatic heterocycles. The minimum atomic E-state index is -0.801. The van der Waals surface area contributed by atoms with Crippen LogP contribution in [0.15, 0.2) is 58.9 Å². The van der Waals surface area contributed by atoms with Crippen LogP contribution in [-0.2, 0) is 4.79 Å². The van der Waals surface area contributed by atoms with Crippen LogP contribution >= 0.6 is 11.3 Å². The minimum absolute atomic E-state index is 0.0195. The van der Waals surface area contributed by atoms with E-state index in [1.165, 1.54) is 4.57 Å². The molecule has 166 valence electrons. The molecule has 9 heteroatoms. The average Bonchev–Trinajstić information content (AvgIpc) is 3.15. The first kappa shape index (κ1) is 21.9. The van der Waals surface area contributed by atoms with Crippen LogP contribution in [0.2, 0.25) is 0 Å². The molecule has 0 aliphatic carbocycles. The number of ether oxygens (including phenoxy) is 2. The van der Waals surface area contributed by atoms with Crippen LogP contribution in [0, 0.1) is 11.3 Å². The van der Waals surface area contributed by atoms with E-state index in [0.717, 1.165) is 16.9 Å². The van der Waals surface area contributed by atoms with E-state index in [4.69, 9.17) is 20.9 Å². The third-order valence-electron chi connectivity index (χ3n) is 5.40. The third kappa shape index (κ3) is 3.77. The zero-order valence-corrected chi connectivity index (χ0v) is 18.7. The summed E-state index contributed by atoms with van der Waals surface area (Å²) in [5, 5.41) is 9.89. The molecule has 0 bridgehead atoms. The average molecular weight is 461 g/mol. The number of rotatable bonds is 5. The highest BCUT2D eigenvalue weighted by Gasteiger charge is 2.34. The van der Waals surface area contributed by atoms with Gasteiger partial charge in [0, 0.05) is 0 Å². The summed E-state index contributed by atoms with van der Waals surface area (Å²) in [4.78, 5) is 25.8. The first-order valence-corrected chi connectivity index (χ1v) is 10.7. The third-order valence-corrected chi connectivity index (χ3v) is 6.51. The van der Waals surface area contributed by atoms with Crippen molar-refractivity contribution in [3.05, 3.63) is 84.8 Å². The monoisotopic (exact) mass is 460 g/mol. The van der Waals surface area contributed by atoms with Crippen LogP contribution in [0.1, 0.15) is 17.0 Å². The number of amides is 1. The van der Waals surface area contributed by atoms with Crippen molar-refractivity contribution in [3.63, 3.8) is 0 Å². The Kier molecular flexibility index (Phi) is 5.77. The van der Waals surface area contributed by atoms with Gasteiger partial charge in [0.1, 0.15) is 22.0 Å². The lowest BCUT2D eigenvalue weighted by atomic mass is 9.83. The minimum Gasteiger partial charge on any atom is -0.497 e. The lowest BCUT2D eigenvalue weighted by molar-refractivity contribution is -0.113. The predicted octanol–water partition coefficient (Wildman–Crippen LogP) is 0.840. The first-order chi connectivity index (χ1) is 15.9. The summed E-state index contributed by atoms with van der Waals surface area (Å²) in [6.07, 6.45) is 1.69. The van der Waals surface area contributed by atoms with Gasteiger partial charge in [-0.05, 0) is 41.5 Å². The fraction of sp³-hybridized carbons (Fsp3) is 0.125. The van der Waals surface area contributed by atoms with E-state index in [1.54, 1.807) is 68.8 Å². The molecule has 8 nitrogen and oxygen atoms in total. The molecule has 4 rings (SSSR count). The van der Waals surface area contributed by atoms with Crippen LogP contribution in [0.5, 0.6) is 11.5 Å². The number of methoxy groups -OCH3 is 2. The van der Waals surface area contributed by atoms with Crippen molar-refractivity contribution in [2.45, 2.75) is 5.92 Å². The van der Waals surface area contributed by atoms with Crippen molar-refractivity contribution < 1.29 is 14.3 Å². The van der Waals surface area contributed by atoms with Gasteiger partial charge in [0.2, 0.25) is 5.91 Å². The number of nitrogens with two attached hydrogens (primary N) is 2. The largest absolute Gasteiger partial charge is 0.497 e. The molecule has 1 amide bonds. The summed E-state index contributed by atoms with van der Waals surface area (Å²) < 4.78 is 12.2. The summed E-state index contributed by atoms with van der Waals surface area (Å²) in [5.41, 5.74) is 13.3. The summed E-state index contributed by atoms with van der Waals surface area (Å²) in [6, 6.07) is 16.2. The Morgan fingerprint density at radius 2 is 1.67 bits per heavy atom. The van der Waals surface area contributed by atoms with Gasteiger partial charge in [-0.15, -0.1) is 11.3 Å². The smallest absolute Gasteiger partial charge is 0.274 e. The van der Waals surface area contributed by atoms with Crippen molar-refractivity contribution in [1.29, 1.82) is 5.26 Å². The standard InChI is InChI=1S/C24H20N4O4S/c1-31-15-7-3-13(4-8-15)11-18-23(30)28-21(26)17(12-25)19(20(22(27)29)24(28)33-18)14-5-9-16(32-2)10-6-14/h3-11,19H,26H2,1-2H3,(H2,27,29). The number of thiazole rings is 1. The van der Waals surface area contributed by atoms with Crippen LogP contribution in [0.3, 0.4) is 0 Å². The maximum absolute atomic E-state index is 13.2. The molecule has 0 saturated carbocycles. The molecule has 0 fully saturated rings. The number of hydrogen-bond acceptors (Lipinski definition) is 7. The highest BCUT2D eigenvalue weighted by molar-refractivity contribution is 7.07. The Bertz CT molecular complexity index is 1490. The summed E-state index contributed by atoms with van der Waals surface area (Å²) >= 11 is 1.10. The molecule has 33 heavy (non-hydrogen) atoms. The molecule has 3 aromatic rings. The second-order valence-electron chi connectivity index (χ2n) is 7.22. The van der Waals surface area contributed by atoms with Crippen molar-refractivity contribution >= 4 is 34.7 Å². The molecule has 1 aliphatic rings. The van der Waals surface area contributed by atoms with Crippen molar-refractivity contribution in [3.8, 4) is 17.6 Å². The van der Waals surface area contributed by atoms with Gasteiger partial charge >= 0.3 is 0 Å². The Labute approximate surface area is 192 Å². The Balaban J connectivity index is 2.01. The maximum Gasteiger partial charge on any atom is 0.274 e. The van der Waals surface area contributed by atoms with Crippen LogP contribution in [-0.4, -0.2) is 24.7 Å². The number of carbonyl (C=O) groups is 1. The Morgan fingerprint density at radius 3 is 2.18 bits per heavy atom. The van der Waals surface area contributed by atoms with E-state index in [9.17, 15) is 14.9 Å². The summed E-state index contributed by atoms with van der Waals surface area (Å²) in [5.74, 6) is -0.247. The molecule has 2 aromatic carbocycles. The second-order valence-corrected chi connectivity index (χ2v) is 8.25. The fourth-order valence-corrected chi connectivity index (χ4v) is 4.95. The van der Waals surface area contributed by atoms with Crippen LogP contribution in [0.25, 0.3) is 17.5 Å². The molecule has 1 unspecified atom stereocenters. The normalized spacial score (nSPS) is 15.7. The zero-order valence-electron chi connectivity index (χ0n) is 17.9. The number of aromatic nitrogens is 1. The number of nitrogens with zero attached hydrogens (tertiary/aromatic N) is 2.